The summed E-state index contributed by atoms with van der Waals surface area (Å²) in [5.41, 5.74) is 2.75. The molecule has 2 aromatic heterocycles. The normalized spacial score (nSPS) is 11.0. The number of esters is 1. The van der Waals surface area contributed by atoms with Gasteiger partial charge in [-0.05, 0) is 19.9 Å². The zero-order valence-corrected chi connectivity index (χ0v) is 15.6. The van der Waals surface area contributed by atoms with Gasteiger partial charge < -0.3 is 10.1 Å². The van der Waals surface area contributed by atoms with Crippen molar-refractivity contribution in [2.75, 3.05) is 13.7 Å². The van der Waals surface area contributed by atoms with E-state index in [-0.39, 0.29) is 30.9 Å². The lowest BCUT2D eigenvalue weighted by Crippen LogP contribution is -2.26. The third-order valence-corrected chi connectivity index (χ3v) is 4.21. The molecular weight excluding hydrogens is 344 g/mol. The Morgan fingerprint density at radius 3 is 2.63 bits per heavy atom. The summed E-state index contributed by atoms with van der Waals surface area (Å²) in [5.74, 6) is -0.639. The molecule has 0 aliphatic heterocycles. The van der Waals surface area contributed by atoms with E-state index in [9.17, 15) is 9.59 Å². The minimum Gasteiger partial charge on any atom is -0.469 e. The van der Waals surface area contributed by atoms with E-state index >= 15 is 0 Å². The Balaban J connectivity index is 2.02. The molecule has 0 saturated carbocycles. The molecule has 7 heteroatoms. The minimum absolute atomic E-state index is 0.108. The summed E-state index contributed by atoms with van der Waals surface area (Å²) in [5, 5.41) is 7.84. The quantitative estimate of drug-likeness (QED) is 0.678. The van der Waals surface area contributed by atoms with Gasteiger partial charge >= 0.3 is 5.97 Å². The SMILES string of the molecule is COC(=O)CCNC(=O)c1cc(-c2ccccc2)nc2c1cnn2C(C)C. The van der Waals surface area contributed by atoms with Gasteiger partial charge in [-0.15, -0.1) is 0 Å². The molecule has 3 aromatic rings. The Hall–Kier alpha value is -3.22. The molecule has 0 aliphatic rings. The van der Waals surface area contributed by atoms with Crippen molar-refractivity contribution in [2.45, 2.75) is 26.3 Å². The number of pyridine rings is 1. The molecule has 1 aromatic carbocycles. The summed E-state index contributed by atoms with van der Waals surface area (Å²) in [6.07, 6.45) is 1.78. The monoisotopic (exact) mass is 366 g/mol. The van der Waals surface area contributed by atoms with Gasteiger partial charge in [-0.2, -0.15) is 5.10 Å². The highest BCUT2D eigenvalue weighted by Gasteiger charge is 2.18. The summed E-state index contributed by atoms with van der Waals surface area (Å²) in [6.45, 7) is 4.23. The maximum absolute atomic E-state index is 12.8. The maximum Gasteiger partial charge on any atom is 0.307 e. The van der Waals surface area contributed by atoms with Gasteiger partial charge in [-0.25, -0.2) is 9.67 Å². The van der Waals surface area contributed by atoms with Crippen LogP contribution in [0, 0.1) is 0 Å². The standard InChI is InChI=1S/C20H22N4O3/c1-13(2)24-19-16(12-22-24)15(20(26)21-10-9-18(25)27-3)11-17(23-19)14-7-5-4-6-8-14/h4-8,11-13H,9-10H2,1-3H3,(H,21,26). The lowest BCUT2D eigenvalue weighted by molar-refractivity contribution is -0.140. The van der Waals surface area contributed by atoms with Crippen LogP contribution in [0.15, 0.2) is 42.6 Å². The van der Waals surface area contributed by atoms with Gasteiger partial charge in [0.25, 0.3) is 5.91 Å². The molecule has 0 bridgehead atoms. The number of amides is 1. The molecular formula is C20H22N4O3. The summed E-state index contributed by atoms with van der Waals surface area (Å²) < 4.78 is 6.40. The number of carbonyl (C=O) groups is 2. The van der Waals surface area contributed by atoms with Gasteiger partial charge in [0.1, 0.15) is 0 Å². The number of benzene rings is 1. The number of rotatable bonds is 6. The molecule has 27 heavy (non-hydrogen) atoms. The molecule has 3 rings (SSSR count). The van der Waals surface area contributed by atoms with E-state index in [0.717, 1.165) is 5.56 Å². The van der Waals surface area contributed by atoms with Gasteiger partial charge in [0, 0.05) is 18.2 Å². The number of nitrogens with one attached hydrogen (secondary N) is 1. The first-order chi connectivity index (χ1) is 13.0. The fourth-order valence-corrected chi connectivity index (χ4v) is 2.82. The van der Waals surface area contributed by atoms with Crippen LogP contribution in [0.5, 0.6) is 0 Å². The largest absolute Gasteiger partial charge is 0.469 e. The van der Waals surface area contributed by atoms with Gasteiger partial charge in [0.2, 0.25) is 0 Å². The molecule has 0 aliphatic carbocycles. The highest BCUT2D eigenvalue weighted by atomic mass is 16.5. The Labute approximate surface area is 157 Å². The van der Waals surface area contributed by atoms with Crippen molar-refractivity contribution in [1.82, 2.24) is 20.1 Å². The molecule has 1 N–H and O–H groups in total. The topological polar surface area (TPSA) is 86.1 Å². The molecule has 0 fully saturated rings. The van der Waals surface area contributed by atoms with Crippen molar-refractivity contribution in [3.05, 3.63) is 48.2 Å². The number of hydrogen-bond donors (Lipinski definition) is 1. The Kier molecular flexibility index (Phi) is 5.49. The van der Waals surface area contributed by atoms with Crippen molar-refractivity contribution in [3.63, 3.8) is 0 Å². The highest BCUT2D eigenvalue weighted by molar-refractivity contribution is 6.06. The van der Waals surface area contributed by atoms with Gasteiger partial charge in [-0.3, -0.25) is 9.59 Å². The molecule has 0 saturated heterocycles. The zero-order chi connectivity index (χ0) is 19.4. The van der Waals surface area contributed by atoms with Gasteiger partial charge in [0.15, 0.2) is 5.65 Å². The van der Waals surface area contributed by atoms with E-state index in [4.69, 9.17) is 4.98 Å². The molecule has 0 spiro atoms. The second-order valence-corrected chi connectivity index (χ2v) is 6.42. The first-order valence-corrected chi connectivity index (χ1v) is 8.80. The zero-order valence-electron chi connectivity index (χ0n) is 15.6. The van der Waals surface area contributed by atoms with Crippen molar-refractivity contribution in [1.29, 1.82) is 0 Å². The van der Waals surface area contributed by atoms with Crippen LogP contribution in [-0.4, -0.2) is 40.3 Å². The lowest BCUT2D eigenvalue weighted by atomic mass is 10.1. The van der Waals surface area contributed by atoms with Crippen LogP contribution in [0.1, 0.15) is 36.7 Å². The number of hydrogen-bond acceptors (Lipinski definition) is 5. The summed E-state index contributed by atoms with van der Waals surface area (Å²) >= 11 is 0. The highest BCUT2D eigenvalue weighted by Crippen LogP contribution is 2.26. The van der Waals surface area contributed by atoms with Crippen molar-refractivity contribution >= 4 is 22.9 Å². The number of carbonyl (C=O) groups excluding carboxylic acids is 2. The van der Waals surface area contributed by atoms with Crippen molar-refractivity contribution in [2.24, 2.45) is 0 Å². The van der Waals surface area contributed by atoms with E-state index in [0.29, 0.717) is 22.3 Å². The number of nitrogens with zero attached hydrogens (tertiary/aromatic N) is 3. The molecule has 1 amide bonds. The van der Waals surface area contributed by atoms with Crippen molar-refractivity contribution in [3.8, 4) is 11.3 Å². The first-order valence-electron chi connectivity index (χ1n) is 8.80. The molecule has 140 valence electrons. The summed E-state index contributed by atoms with van der Waals surface area (Å²) in [4.78, 5) is 28.8. The first kappa shape index (κ1) is 18.6. The number of aromatic nitrogens is 3. The molecule has 0 atom stereocenters. The Bertz CT molecular complexity index is 964. The van der Waals surface area contributed by atoms with E-state index in [1.165, 1.54) is 7.11 Å². The second kappa shape index (κ2) is 7.99. The number of ether oxygens (including phenoxy) is 1. The van der Waals surface area contributed by atoms with E-state index < -0.39 is 0 Å². The molecule has 0 unspecified atom stereocenters. The van der Waals surface area contributed by atoms with E-state index in [1.807, 2.05) is 44.2 Å². The van der Waals surface area contributed by atoms with E-state index in [2.05, 4.69) is 15.2 Å². The minimum atomic E-state index is -0.368. The molecule has 0 radical (unpaired) electrons. The third kappa shape index (κ3) is 3.97. The average molecular weight is 366 g/mol. The molecule has 7 nitrogen and oxygen atoms in total. The molecule has 2 heterocycles. The van der Waals surface area contributed by atoms with Crippen molar-refractivity contribution < 1.29 is 14.3 Å². The van der Waals surface area contributed by atoms with E-state index in [1.54, 1.807) is 16.9 Å². The number of methoxy groups -OCH3 is 1. The van der Waals surface area contributed by atoms with Crippen LogP contribution in [0.2, 0.25) is 0 Å². The number of fused-ring (bicyclic) bond motifs is 1. The smallest absolute Gasteiger partial charge is 0.307 e. The van der Waals surface area contributed by atoms with Crippen LogP contribution >= 0.6 is 0 Å². The summed E-state index contributed by atoms with van der Waals surface area (Å²) in [7, 11) is 1.32. The fourth-order valence-electron chi connectivity index (χ4n) is 2.82. The lowest BCUT2D eigenvalue weighted by Gasteiger charge is -2.11. The third-order valence-electron chi connectivity index (χ3n) is 4.21. The average Bonchev–Trinajstić information content (AvgIpc) is 3.11. The van der Waals surface area contributed by atoms with Crippen LogP contribution in [0.25, 0.3) is 22.3 Å². The van der Waals surface area contributed by atoms with Crippen LogP contribution in [0.3, 0.4) is 0 Å². The van der Waals surface area contributed by atoms with Gasteiger partial charge in [-0.1, -0.05) is 30.3 Å². The maximum atomic E-state index is 12.8. The van der Waals surface area contributed by atoms with Crippen LogP contribution < -0.4 is 5.32 Å². The Morgan fingerprint density at radius 2 is 1.96 bits per heavy atom. The van der Waals surface area contributed by atoms with Crippen LogP contribution in [0.4, 0.5) is 0 Å². The van der Waals surface area contributed by atoms with Gasteiger partial charge in [0.05, 0.1) is 36.4 Å². The van der Waals surface area contributed by atoms with Crippen LogP contribution in [-0.2, 0) is 9.53 Å². The fraction of sp³-hybridized carbons (Fsp3) is 0.300. The Morgan fingerprint density at radius 1 is 1.22 bits per heavy atom. The predicted molar refractivity (Wildman–Crippen MR) is 102 cm³/mol. The predicted octanol–water partition coefficient (Wildman–Crippen LogP) is 2.97. The second-order valence-electron chi connectivity index (χ2n) is 6.42. The summed E-state index contributed by atoms with van der Waals surface area (Å²) in [6, 6.07) is 11.6.